The Hall–Kier alpha value is -1.55. The zero-order valence-corrected chi connectivity index (χ0v) is 12.1. The van der Waals surface area contributed by atoms with Crippen molar-refractivity contribution in [3.8, 4) is 5.75 Å². The van der Waals surface area contributed by atoms with Gasteiger partial charge < -0.3 is 14.8 Å². The molecule has 1 N–H and O–H groups in total. The number of methoxy groups -OCH3 is 1. The van der Waals surface area contributed by atoms with Crippen molar-refractivity contribution in [2.75, 3.05) is 13.7 Å². The summed E-state index contributed by atoms with van der Waals surface area (Å²) in [5.74, 6) is 0.686. The second-order valence-electron chi connectivity index (χ2n) is 4.63. The molecule has 1 aromatic carbocycles. The number of amides is 1. The van der Waals surface area contributed by atoms with Gasteiger partial charge in [0, 0.05) is 5.56 Å². The van der Waals surface area contributed by atoms with E-state index < -0.39 is 0 Å². The van der Waals surface area contributed by atoms with Crippen LogP contribution in [0.1, 0.15) is 38.8 Å². The zero-order valence-electron chi connectivity index (χ0n) is 12.1. The molecule has 0 fully saturated rings. The third-order valence-corrected chi connectivity index (χ3v) is 2.81. The van der Waals surface area contributed by atoms with E-state index in [1.54, 1.807) is 7.11 Å². The number of carbonyl (C=O) groups is 1. The minimum absolute atomic E-state index is 0.0529. The van der Waals surface area contributed by atoms with Crippen LogP contribution in [0.2, 0.25) is 0 Å². The van der Waals surface area contributed by atoms with Crippen molar-refractivity contribution in [2.45, 2.75) is 39.3 Å². The second-order valence-corrected chi connectivity index (χ2v) is 4.63. The van der Waals surface area contributed by atoms with Gasteiger partial charge in [0.1, 0.15) is 12.4 Å². The van der Waals surface area contributed by atoms with E-state index in [1.807, 2.05) is 45.0 Å². The van der Waals surface area contributed by atoms with Crippen molar-refractivity contribution in [1.29, 1.82) is 0 Å². The van der Waals surface area contributed by atoms with Gasteiger partial charge in [-0.3, -0.25) is 4.79 Å². The average Bonchev–Trinajstić information content (AvgIpc) is 2.42. The Morgan fingerprint density at radius 3 is 2.58 bits per heavy atom. The summed E-state index contributed by atoms with van der Waals surface area (Å²) in [7, 11) is 1.63. The number of hydrogen-bond acceptors (Lipinski definition) is 3. The van der Waals surface area contributed by atoms with E-state index >= 15 is 0 Å². The molecule has 0 aromatic heterocycles. The van der Waals surface area contributed by atoms with E-state index in [1.165, 1.54) is 0 Å². The Kier molecular flexibility index (Phi) is 6.36. The molecule has 1 amide bonds. The predicted molar refractivity (Wildman–Crippen MR) is 75.3 cm³/mol. The Labute approximate surface area is 115 Å². The molecular formula is C15H23NO3. The third kappa shape index (κ3) is 4.91. The number of rotatable bonds is 7. The molecule has 0 saturated heterocycles. The summed E-state index contributed by atoms with van der Waals surface area (Å²) in [6.07, 6.45) is 0.852. The van der Waals surface area contributed by atoms with Crippen LogP contribution in [0.5, 0.6) is 5.75 Å². The molecular weight excluding hydrogens is 242 g/mol. The summed E-state index contributed by atoms with van der Waals surface area (Å²) in [6, 6.07) is 7.67. The number of carbonyl (C=O) groups excluding carboxylic acids is 1. The summed E-state index contributed by atoms with van der Waals surface area (Å²) in [4.78, 5) is 11.8. The summed E-state index contributed by atoms with van der Waals surface area (Å²) in [5, 5.41) is 2.97. The average molecular weight is 265 g/mol. The molecule has 1 unspecified atom stereocenters. The number of benzene rings is 1. The molecule has 0 aliphatic rings. The molecule has 4 nitrogen and oxygen atoms in total. The fraction of sp³-hybridized carbons (Fsp3) is 0.533. The van der Waals surface area contributed by atoms with Gasteiger partial charge >= 0.3 is 0 Å². The van der Waals surface area contributed by atoms with Gasteiger partial charge in [-0.15, -0.1) is 0 Å². The first-order valence-electron chi connectivity index (χ1n) is 6.62. The SMILES string of the molecule is CCC(NC(=O)COC(C)C)c1ccccc1OC. The van der Waals surface area contributed by atoms with Crippen molar-refractivity contribution in [3.05, 3.63) is 29.8 Å². The van der Waals surface area contributed by atoms with Crippen molar-refractivity contribution in [3.63, 3.8) is 0 Å². The minimum atomic E-state index is -0.105. The molecule has 19 heavy (non-hydrogen) atoms. The molecule has 0 heterocycles. The van der Waals surface area contributed by atoms with E-state index in [0.29, 0.717) is 0 Å². The van der Waals surface area contributed by atoms with Gasteiger partial charge in [-0.2, -0.15) is 0 Å². The van der Waals surface area contributed by atoms with E-state index in [9.17, 15) is 4.79 Å². The van der Waals surface area contributed by atoms with Crippen LogP contribution in [0.3, 0.4) is 0 Å². The van der Waals surface area contributed by atoms with E-state index in [0.717, 1.165) is 17.7 Å². The maximum atomic E-state index is 11.8. The fourth-order valence-electron chi connectivity index (χ4n) is 1.83. The molecule has 0 aliphatic carbocycles. The normalized spacial score (nSPS) is 12.3. The van der Waals surface area contributed by atoms with Crippen LogP contribution in [-0.4, -0.2) is 25.7 Å². The van der Waals surface area contributed by atoms with Crippen molar-refractivity contribution >= 4 is 5.91 Å². The lowest BCUT2D eigenvalue weighted by atomic mass is 10.0. The van der Waals surface area contributed by atoms with E-state index in [4.69, 9.17) is 9.47 Å². The molecule has 0 bridgehead atoms. The molecule has 0 radical (unpaired) electrons. The summed E-state index contributed by atoms with van der Waals surface area (Å²) in [5.41, 5.74) is 0.991. The van der Waals surface area contributed by atoms with Crippen molar-refractivity contribution < 1.29 is 14.3 Å². The lowest BCUT2D eigenvalue weighted by molar-refractivity contribution is -0.127. The van der Waals surface area contributed by atoms with Gasteiger partial charge in [0.2, 0.25) is 5.91 Å². The van der Waals surface area contributed by atoms with Crippen LogP contribution in [0, 0.1) is 0 Å². The Bertz CT molecular complexity index is 404. The number of hydrogen-bond donors (Lipinski definition) is 1. The third-order valence-electron chi connectivity index (χ3n) is 2.81. The standard InChI is InChI=1S/C15H23NO3/c1-5-13(16-15(17)10-19-11(2)3)12-8-6-7-9-14(12)18-4/h6-9,11,13H,5,10H2,1-4H3,(H,16,17). The first-order chi connectivity index (χ1) is 9.08. The highest BCUT2D eigenvalue weighted by Crippen LogP contribution is 2.26. The van der Waals surface area contributed by atoms with E-state index in [2.05, 4.69) is 5.32 Å². The van der Waals surface area contributed by atoms with Crippen molar-refractivity contribution in [1.82, 2.24) is 5.32 Å². The zero-order chi connectivity index (χ0) is 14.3. The van der Waals surface area contributed by atoms with Crippen LogP contribution in [0.4, 0.5) is 0 Å². The fourth-order valence-corrected chi connectivity index (χ4v) is 1.83. The summed E-state index contributed by atoms with van der Waals surface area (Å²) >= 11 is 0. The Morgan fingerprint density at radius 1 is 1.32 bits per heavy atom. The molecule has 1 atom stereocenters. The first kappa shape index (κ1) is 15.5. The molecule has 0 saturated carbocycles. The Morgan fingerprint density at radius 2 is 2.00 bits per heavy atom. The van der Waals surface area contributed by atoms with Gasteiger partial charge in [0.25, 0.3) is 0 Å². The molecule has 1 rings (SSSR count). The molecule has 4 heteroatoms. The van der Waals surface area contributed by atoms with Crippen LogP contribution < -0.4 is 10.1 Å². The highest BCUT2D eigenvalue weighted by molar-refractivity contribution is 5.77. The molecule has 1 aromatic rings. The highest BCUT2D eigenvalue weighted by atomic mass is 16.5. The summed E-state index contributed by atoms with van der Waals surface area (Å²) in [6.45, 7) is 5.93. The first-order valence-corrected chi connectivity index (χ1v) is 6.62. The monoisotopic (exact) mass is 265 g/mol. The van der Waals surface area contributed by atoms with Gasteiger partial charge in [0.15, 0.2) is 0 Å². The van der Waals surface area contributed by atoms with Gasteiger partial charge in [-0.25, -0.2) is 0 Å². The van der Waals surface area contributed by atoms with Crippen LogP contribution in [0.15, 0.2) is 24.3 Å². The topological polar surface area (TPSA) is 47.6 Å². The number of nitrogens with one attached hydrogen (secondary N) is 1. The lowest BCUT2D eigenvalue weighted by Gasteiger charge is -2.20. The largest absolute Gasteiger partial charge is 0.496 e. The maximum absolute atomic E-state index is 11.8. The molecule has 0 aliphatic heterocycles. The molecule has 106 valence electrons. The van der Waals surface area contributed by atoms with Gasteiger partial charge in [0.05, 0.1) is 19.3 Å². The predicted octanol–water partition coefficient (Wildman–Crippen LogP) is 2.69. The smallest absolute Gasteiger partial charge is 0.246 e. The highest BCUT2D eigenvalue weighted by Gasteiger charge is 2.16. The van der Waals surface area contributed by atoms with Crippen molar-refractivity contribution in [2.24, 2.45) is 0 Å². The summed E-state index contributed by atoms with van der Waals surface area (Å²) < 4.78 is 10.6. The van der Waals surface area contributed by atoms with Gasteiger partial charge in [-0.05, 0) is 26.3 Å². The minimum Gasteiger partial charge on any atom is -0.496 e. The maximum Gasteiger partial charge on any atom is 0.246 e. The quantitative estimate of drug-likeness (QED) is 0.824. The number of para-hydroxylation sites is 1. The number of ether oxygens (including phenoxy) is 2. The Balaban J connectivity index is 2.70. The molecule has 0 spiro atoms. The van der Waals surface area contributed by atoms with Crippen LogP contribution in [0.25, 0.3) is 0 Å². The van der Waals surface area contributed by atoms with Gasteiger partial charge in [-0.1, -0.05) is 25.1 Å². The lowest BCUT2D eigenvalue weighted by Crippen LogP contribution is -2.32. The van der Waals surface area contributed by atoms with E-state index in [-0.39, 0.29) is 24.7 Å². The second kappa shape index (κ2) is 7.79. The van der Waals surface area contributed by atoms with Crippen LogP contribution >= 0.6 is 0 Å². The van der Waals surface area contributed by atoms with Crippen LogP contribution in [-0.2, 0) is 9.53 Å².